The number of nitrogens with one attached hydrogen (secondary N) is 2. The third kappa shape index (κ3) is 5.00. The molecule has 2 aliphatic rings. The van der Waals surface area contributed by atoms with Crippen LogP contribution in [-0.2, 0) is 25.5 Å². The van der Waals surface area contributed by atoms with E-state index in [9.17, 15) is 14.4 Å². The van der Waals surface area contributed by atoms with Gasteiger partial charge in [-0.25, -0.2) is 14.4 Å². The van der Waals surface area contributed by atoms with Crippen LogP contribution in [0.25, 0.3) is 11.8 Å². The van der Waals surface area contributed by atoms with Gasteiger partial charge in [-0.05, 0) is 35.9 Å². The van der Waals surface area contributed by atoms with E-state index in [1.54, 1.807) is 24.3 Å². The molecule has 11 heteroatoms. The molecule has 0 radical (unpaired) electrons. The average Bonchev–Trinajstić information content (AvgIpc) is 2.87. The summed E-state index contributed by atoms with van der Waals surface area (Å²) < 4.78 is 17.0. The second-order valence-corrected chi connectivity index (χ2v) is 8.42. The number of carbonyl (C=O) groups is 1. The Bertz CT molecular complexity index is 1420. The molecular formula is C24H25ClN4O6. The number of H-pyrrole nitrogens is 1. The van der Waals surface area contributed by atoms with E-state index in [2.05, 4.69) is 15.3 Å². The molecule has 10 nitrogen and oxygen atoms in total. The number of allylic oxidation sites excluding steroid dienone is 1. The number of hydrogen-bond donors (Lipinski definition) is 2. The Balaban J connectivity index is 1.68. The van der Waals surface area contributed by atoms with Crippen LogP contribution >= 0.6 is 11.6 Å². The number of carbonyl (C=O) groups excluding carboxylic acids is 1. The highest BCUT2D eigenvalue weighted by atomic mass is 35.5. The molecule has 1 aliphatic heterocycles. The molecule has 2 N–H and O–H groups in total. The first-order chi connectivity index (χ1) is 16.9. The Morgan fingerprint density at radius 2 is 1.94 bits per heavy atom. The summed E-state index contributed by atoms with van der Waals surface area (Å²) >= 11 is 5.90. The molecule has 184 valence electrons. The molecule has 35 heavy (non-hydrogen) atoms. The molecule has 0 saturated carbocycles. The van der Waals surface area contributed by atoms with Gasteiger partial charge in [0.15, 0.2) is 6.23 Å². The van der Waals surface area contributed by atoms with Crippen LogP contribution in [-0.4, -0.2) is 55.0 Å². The number of aliphatic imine (C=N–C) groups is 1. The van der Waals surface area contributed by atoms with Crippen molar-refractivity contribution in [3.8, 4) is 0 Å². The monoisotopic (exact) mass is 500 g/mol. The lowest BCUT2D eigenvalue weighted by atomic mass is 9.97. The van der Waals surface area contributed by atoms with E-state index in [0.717, 1.165) is 10.1 Å². The molecule has 1 aromatic heterocycles. The van der Waals surface area contributed by atoms with E-state index in [4.69, 9.17) is 25.8 Å². The third-order valence-electron chi connectivity index (χ3n) is 5.86. The van der Waals surface area contributed by atoms with Crippen LogP contribution in [0.1, 0.15) is 12.0 Å². The summed E-state index contributed by atoms with van der Waals surface area (Å²) in [6, 6.07) is 7.13. The number of benzene rings is 1. The molecule has 0 fully saturated rings. The summed E-state index contributed by atoms with van der Waals surface area (Å²) in [4.78, 5) is 46.2. The molecule has 0 bridgehead atoms. The number of methoxy groups -OCH3 is 3. The number of fused-ring (bicyclic) bond motifs is 1. The van der Waals surface area contributed by atoms with Crippen LogP contribution in [0.4, 0.5) is 0 Å². The van der Waals surface area contributed by atoms with Crippen LogP contribution in [0.2, 0.25) is 5.02 Å². The Labute approximate surface area is 205 Å². The topological polar surface area (TPSA) is 124 Å². The molecule has 1 aromatic carbocycles. The van der Waals surface area contributed by atoms with E-state index in [1.165, 1.54) is 27.4 Å². The molecule has 3 atom stereocenters. The predicted molar refractivity (Wildman–Crippen MR) is 130 cm³/mol. The number of dihydropyridines is 1. The zero-order chi connectivity index (χ0) is 25.1. The quantitative estimate of drug-likeness (QED) is 0.569. The maximum absolute atomic E-state index is 13.4. The average molecular weight is 501 g/mol. The van der Waals surface area contributed by atoms with Gasteiger partial charge in [0.25, 0.3) is 5.56 Å². The Morgan fingerprint density at radius 3 is 2.60 bits per heavy atom. The van der Waals surface area contributed by atoms with E-state index in [0.29, 0.717) is 17.3 Å². The van der Waals surface area contributed by atoms with E-state index in [-0.39, 0.29) is 28.7 Å². The number of rotatable bonds is 6. The first kappa shape index (κ1) is 24.6. The van der Waals surface area contributed by atoms with Gasteiger partial charge in [0, 0.05) is 32.2 Å². The smallest absolute Gasteiger partial charge is 0.334 e. The van der Waals surface area contributed by atoms with Gasteiger partial charge >= 0.3 is 5.69 Å². The van der Waals surface area contributed by atoms with E-state index >= 15 is 0 Å². The van der Waals surface area contributed by atoms with Crippen LogP contribution in [0.3, 0.4) is 0 Å². The zero-order valence-corrected chi connectivity index (χ0v) is 20.2. The van der Waals surface area contributed by atoms with E-state index in [1.807, 2.05) is 12.1 Å². The Kier molecular flexibility index (Phi) is 7.34. The Morgan fingerprint density at radius 1 is 1.20 bits per heavy atom. The lowest BCUT2D eigenvalue weighted by Crippen LogP contribution is -2.58. The van der Waals surface area contributed by atoms with Gasteiger partial charge in [0.1, 0.15) is 22.9 Å². The van der Waals surface area contributed by atoms with Gasteiger partial charge in [0.05, 0.1) is 18.4 Å². The number of nitrogens with zero attached hydrogens (tertiary/aromatic N) is 2. The summed E-state index contributed by atoms with van der Waals surface area (Å²) in [5.41, 5.74) is -0.416. The number of aromatic amines is 1. The van der Waals surface area contributed by atoms with Crippen LogP contribution in [0, 0.1) is 5.92 Å². The van der Waals surface area contributed by atoms with Crippen LogP contribution in [0.15, 0.2) is 51.0 Å². The van der Waals surface area contributed by atoms with Gasteiger partial charge in [-0.2, -0.15) is 0 Å². The third-order valence-corrected chi connectivity index (χ3v) is 6.12. The lowest BCUT2D eigenvalue weighted by Gasteiger charge is -2.23. The van der Waals surface area contributed by atoms with Gasteiger partial charge in [-0.15, -0.1) is 0 Å². The van der Waals surface area contributed by atoms with Gasteiger partial charge in [0.2, 0.25) is 5.91 Å². The largest absolute Gasteiger partial charge is 0.500 e. The number of hydrogen-bond acceptors (Lipinski definition) is 7. The van der Waals surface area contributed by atoms with Crippen molar-refractivity contribution in [3.05, 3.63) is 78.4 Å². The molecule has 1 aliphatic carbocycles. The van der Waals surface area contributed by atoms with Crippen molar-refractivity contribution in [3.63, 3.8) is 0 Å². The predicted octanol–water partition coefficient (Wildman–Crippen LogP) is -0.135. The summed E-state index contributed by atoms with van der Waals surface area (Å²) in [7, 11) is 4.39. The lowest BCUT2D eigenvalue weighted by molar-refractivity contribution is -0.123. The highest BCUT2D eigenvalue weighted by Crippen LogP contribution is 2.17. The molecule has 2 heterocycles. The highest BCUT2D eigenvalue weighted by Gasteiger charge is 2.27. The van der Waals surface area contributed by atoms with Crippen LogP contribution < -0.4 is 27.1 Å². The first-order valence-corrected chi connectivity index (χ1v) is 11.2. The molecule has 0 spiro atoms. The van der Waals surface area contributed by atoms with Crippen molar-refractivity contribution >= 4 is 35.2 Å². The van der Waals surface area contributed by atoms with Crippen molar-refractivity contribution in [2.45, 2.75) is 25.3 Å². The minimum Gasteiger partial charge on any atom is -0.500 e. The molecule has 0 saturated heterocycles. The first-order valence-electron chi connectivity index (χ1n) is 10.8. The highest BCUT2D eigenvalue weighted by molar-refractivity contribution is 6.30. The fourth-order valence-corrected chi connectivity index (χ4v) is 4.16. The summed E-state index contributed by atoms with van der Waals surface area (Å²) in [5.74, 6) is -0.499. The maximum atomic E-state index is 13.4. The summed E-state index contributed by atoms with van der Waals surface area (Å²) in [6.07, 6.45) is 3.76. The Hall–Kier alpha value is -3.47. The molecular weight excluding hydrogens is 476 g/mol. The molecule has 4 rings (SSSR count). The van der Waals surface area contributed by atoms with Crippen molar-refractivity contribution in [1.82, 2.24) is 14.9 Å². The van der Waals surface area contributed by atoms with Gasteiger partial charge in [-0.1, -0.05) is 23.7 Å². The zero-order valence-electron chi connectivity index (χ0n) is 19.4. The van der Waals surface area contributed by atoms with Crippen LogP contribution in [0.5, 0.6) is 0 Å². The minimum atomic E-state index is -0.714. The van der Waals surface area contributed by atoms with Crippen molar-refractivity contribution in [1.29, 1.82) is 0 Å². The number of halogens is 1. The van der Waals surface area contributed by atoms with Crippen molar-refractivity contribution in [2.24, 2.45) is 10.9 Å². The standard InChI is InChI=1S/C24H25ClN4O6/c1-33-17-8-9-19(28-22(17)35-3)29-23(31)20-16(27-24(29)32)10-14(11-18(20)34-2)21(30)26-12-13-4-6-15(25)7-5-13/h4-10,14,17,22H,11-12H2,1-3H3,(H,26,30)(H,27,32). The van der Waals surface area contributed by atoms with E-state index < -0.39 is 29.5 Å². The summed E-state index contributed by atoms with van der Waals surface area (Å²) in [6.45, 7) is 0.308. The minimum absolute atomic E-state index is 0.109. The second kappa shape index (κ2) is 10.4. The molecule has 1 amide bonds. The maximum Gasteiger partial charge on any atom is 0.334 e. The number of amides is 1. The molecule has 3 unspecified atom stereocenters. The van der Waals surface area contributed by atoms with Crippen molar-refractivity contribution in [2.75, 3.05) is 21.3 Å². The SMILES string of the molecule is COC1=c2c([nH]c(=O)n(C3=NC(OC)C(OC)C=C3)c2=O)=CC(C(=O)NCc2ccc(Cl)cc2)C1. The van der Waals surface area contributed by atoms with Gasteiger partial charge < -0.3 is 24.5 Å². The number of ether oxygens (including phenoxy) is 3. The van der Waals surface area contributed by atoms with Gasteiger partial charge in [-0.3, -0.25) is 9.59 Å². The fourth-order valence-electron chi connectivity index (χ4n) is 4.03. The molecule has 2 aromatic rings. The fraction of sp³-hybridized carbons (Fsp3) is 0.333. The number of aromatic nitrogens is 2. The normalized spacial score (nSPS) is 21.1. The van der Waals surface area contributed by atoms with Crippen molar-refractivity contribution < 1.29 is 19.0 Å². The second-order valence-electron chi connectivity index (χ2n) is 7.98. The summed E-state index contributed by atoms with van der Waals surface area (Å²) in [5, 5.41) is 3.87.